The lowest BCUT2D eigenvalue weighted by Crippen LogP contribution is -2.25. The standard InChI is InChI=1S/C23H25ClN4/c1-28(2)21(14-15-25)18-11-6-7-12-19(18)22(17-9-4-3-5-10-17)27-20-13-8-16-26-23(20)24/h3-13,16,21H,14-15,25H2,1-2H3/b27-22+. The van der Waals surface area contributed by atoms with E-state index >= 15 is 0 Å². The second-order valence-electron chi connectivity index (χ2n) is 6.78. The minimum Gasteiger partial charge on any atom is -0.330 e. The lowest BCUT2D eigenvalue weighted by atomic mass is 9.91. The van der Waals surface area contributed by atoms with E-state index in [0.29, 0.717) is 17.4 Å². The monoisotopic (exact) mass is 392 g/mol. The highest BCUT2D eigenvalue weighted by Gasteiger charge is 2.20. The summed E-state index contributed by atoms with van der Waals surface area (Å²) in [5.74, 6) is 0. The molecule has 1 aromatic heterocycles. The zero-order valence-electron chi connectivity index (χ0n) is 16.2. The highest BCUT2D eigenvalue weighted by Crippen LogP contribution is 2.30. The Morgan fingerprint density at radius 3 is 2.43 bits per heavy atom. The Balaban J connectivity index is 2.22. The summed E-state index contributed by atoms with van der Waals surface area (Å²) in [7, 11) is 4.16. The van der Waals surface area contributed by atoms with Gasteiger partial charge in [-0.25, -0.2) is 9.98 Å². The fourth-order valence-electron chi connectivity index (χ4n) is 3.31. The van der Waals surface area contributed by atoms with Crippen molar-refractivity contribution in [2.24, 2.45) is 10.7 Å². The number of nitrogens with zero attached hydrogens (tertiary/aromatic N) is 3. The highest BCUT2D eigenvalue weighted by atomic mass is 35.5. The van der Waals surface area contributed by atoms with Crippen molar-refractivity contribution in [3.8, 4) is 0 Å². The quantitative estimate of drug-likeness (QED) is 0.461. The Kier molecular flexibility index (Phi) is 6.93. The molecule has 0 saturated heterocycles. The molecule has 144 valence electrons. The summed E-state index contributed by atoms with van der Waals surface area (Å²) in [6, 6.07) is 22.4. The largest absolute Gasteiger partial charge is 0.330 e. The van der Waals surface area contributed by atoms with Crippen molar-refractivity contribution in [1.82, 2.24) is 9.88 Å². The molecule has 5 heteroatoms. The van der Waals surface area contributed by atoms with Gasteiger partial charge >= 0.3 is 0 Å². The maximum atomic E-state index is 6.30. The van der Waals surface area contributed by atoms with Gasteiger partial charge in [0.15, 0.2) is 5.15 Å². The molecule has 28 heavy (non-hydrogen) atoms. The van der Waals surface area contributed by atoms with Gasteiger partial charge in [-0.2, -0.15) is 0 Å². The smallest absolute Gasteiger partial charge is 0.154 e. The molecular formula is C23H25ClN4. The Morgan fingerprint density at radius 2 is 1.75 bits per heavy atom. The first-order valence-electron chi connectivity index (χ1n) is 9.32. The molecule has 1 unspecified atom stereocenters. The Hall–Kier alpha value is -2.53. The summed E-state index contributed by atoms with van der Waals surface area (Å²) >= 11 is 6.30. The Morgan fingerprint density at radius 1 is 1.04 bits per heavy atom. The number of benzene rings is 2. The van der Waals surface area contributed by atoms with E-state index in [4.69, 9.17) is 22.3 Å². The van der Waals surface area contributed by atoms with Crippen LogP contribution in [-0.2, 0) is 0 Å². The minimum absolute atomic E-state index is 0.194. The molecule has 0 saturated carbocycles. The SMILES string of the molecule is CN(C)C(CCN)c1ccccc1/C(=N/c1cccnc1Cl)c1ccccc1. The number of pyridine rings is 1. The predicted molar refractivity (Wildman–Crippen MR) is 118 cm³/mol. The van der Waals surface area contributed by atoms with Crippen molar-refractivity contribution in [1.29, 1.82) is 0 Å². The van der Waals surface area contributed by atoms with Crippen LogP contribution in [0.1, 0.15) is 29.2 Å². The summed E-state index contributed by atoms with van der Waals surface area (Å²) in [5.41, 5.74) is 10.7. The fourth-order valence-corrected chi connectivity index (χ4v) is 3.47. The van der Waals surface area contributed by atoms with Gasteiger partial charge in [0.1, 0.15) is 5.69 Å². The van der Waals surface area contributed by atoms with Gasteiger partial charge in [-0.15, -0.1) is 0 Å². The van der Waals surface area contributed by atoms with Crippen LogP contribution in [0.4, 0.5) is 5.69 Å². The molecule has 0 fully saturated rings. The van der Waals surface area contributed by atoms with Gasteiger partial charge < -0.3 is 10.6 Å². The molecule has 0 amide bonds. The molecule has 3 rings (SSSR count). The molecule has 0 aliphatic heterocycles. The maximum Gasteiger partial charge on any atom is 0.154 e. The van der Waals surface area contributed by atoms with E-state index in [0.717, 1.165) is 23.3 Å². The van der Waals surface area contributed by atoms with Crippen LogP contribution < -0.4 is 5.73 Å². The van der Waals surface area contributed by atoms with Crippen LogP contribution >= 0.6 is 11.6 Å². The molecule has 0 bridgehead atoms. The Labute approximate surface area is 171 Å². The number of nitrogens with two attached hydrogens (primary N) is 1. The third kappa shape index (κ3) is 4.65. The van der Waals surface area contributed by atoms with E-state index in [9.17, 15) is 0 Å². The van der Waals surface area contributed by atoms with Crippen molar-refractivity contribution in [3.05, 3.63) is 94.8 Å². The van der Waals surface area contributed by atoms with E-state index in [-0.39, 0.29) is 6.04 Å². The second kappa shape index (κ2) is 9.60. The van der Waals surface area contributed by atoms with Crippen LogP contribution in [0.15, 0.2) is 77.9 Å². The first-order valence-corrected chi connectivity index (χ1v) is 9.70. The third-order valence-electron chi connectivity index (χ3n) is 4.66. The molecule has 4 nitrogen and oxygen atoms in total. The van der Waals surface area contributed by atoms with Crippen LogP contribution in [0.25, 0.3) is 0 Å². The molecule has 0 spiro atoms. The zero-order valence-corrected chi connectivity index (χ0v) is 17.0. The number of aliphatic imine (C=N–C) groups is 1. The summed E-state index contributed by atoms with van der Waals surface area (Å²) in [5, 5.41) is 0.388. The maximum absolute atomic E-state index is 6.30. The van der Waals surface area contributed by atoms with Gasteiger partial charge in [-0.05, 0) is 44.8 Å². The van der Waals surface area contributed by atoms with Gasteiger partial charge in [0, 0.05) is 23.4 Å². The van der Waals surface area contributed by atoms with Crippen LogP contribution in [0.5, 0.6) is 0 Å². The number of hydrogen-bond acceptors (Lipinski definition) is 4. The van der Waals surface area contributed by atoms with Crippen LogP contribution in [-0.4, -0.2) is 36.2 Å². The molecule has 0 radical (unpaired) electrons. The van der Waals surface area contributed by atoms with E-state index in [1.54, 1.807) is 6.20 Å². The summed E-state index contributed by atoms with van der Waals surface area (Å²) in [6.07, 6.45) is 2.53. The van der Waals surface area contributed by atoms with Crippen molar-refractivity contribution < 1.29 is 0 Å². The van der Waals surface area contributed by atoms with Gasteiger partial charge in [-0.3, -0.25) is 0 Å². The summed E-state index contributed by atoms with van der Waals surface area (Å²) in [4.78, 5) is 11.3. The van der Waals surface area contributed by atoms with E-state index in [1.807, 2.05) is 36.4 Å². The van der Waals surface area contributed by atoms with Crippen molar-refractivity contribution >= 4 is 23.0 Å². The van der Waals surface area contributed by atoms with Crippen molar-refractivity contribution in [3.63, 3.8) is 0 Å². The summed E-state index contributed by atoms with van der Waals surface area (Å²) in [6.45, 7) is 0.615. The molecular weight excluding hydrogens is 368 g/mol. The zero-order chi connectivity index (χ0) is 19.9. The lowest BCUT2D eigenvalue weighted by molar-refractivity contribution is 0.287. The molecule has 1 atom stereocenters. The average Bonchev–Trinajstić information content (AvgIpc) is 2.72. The highest BCUT2D eigenvalue weighted by molar-refractivity contribution is 6.32. The Bertz CT molecular complexity index is 938. The van der Waals surface area contributed by atoms with E-state index in [1.165, 1.54) is 5.56 Å². The second-order valence-corrected chi connectivity index (χ2v) is 7.14. The van der Waals surface area contributed by atoms with Crippen LogP contribution in [0.3, 0.4) is 0 Å². The van der Waals surface area contributed by atoms with Gasteiger partial charge in [-0.1, -0.05) is 66.2 Å². The first-order chi connectivity index (χ1) is 13.6. The third-order valence-corrected chi connectivity index (χ3v) is 4.95. The number of hydrogen-bond donors (Lipinski definition) is 1. The van der Waals surface area contributed by atoms with Crippen LogP contribution in [0, 0.1) is 0 Å². The van der Waals surface area contributed by atoms with Gasteiger partial charge in [0.25, 0.3) is 0 Å². The first kappa shape index (κ1) is 20.2. The molecule has 3 aromatic rings. The number of aromatic nitrogens is 1. The van der Waals surface area contributed by atoms with Crippen LogP contribution in [0.2, 0.25) is 5.15 Å². The molecule has 2 aromatic carbocycles. The average molecular weight is 393 g/mol. The minimum atomic E-state index is 0.194. The van der Waals surface area contributed by atoms with Gasteiger partial charge in [0.05, 0.1) is 5.71 Å². The van der Waals surface area contributed by atoms with Crippen molar-refractivity contribution in [2.45, 2.75) is 12.5 Å². The van der Waals surface area contributed by atoms with Gasteiger partial charge in [0.2, 0.25) is 0 Å². The molecule has 0 aliphatic rings. The van der Waals surface area contributed by atoms with E-state index in [2.05, 4.69) is 54.3 Å². The number of halogens is 1. The van der Waals surface area contributed by atoms with Crippen molar-refractivity contribution in [2.75, 3.05) is 20.6 Å². The van der Waals surface area contributed by atoms with E-state index < -0.39 is 0 Å². The predicted octanol–water partition coefficient (Wildman–Crippen LogP) is 4.86. The lowest BCUT2D eigenvalue weighted by Gasteiger charge is -2.27. The number of rotatable bonds is 7. The fraction of sp³-hybridized carbons (Fsp3) is 0.217. The molecule has 1 heterocycles. The summed E-state index contributed by atoms with van der Waals surface area (Å²) < 4.78 is 0. The molecule has 0 aliphatic carbocycles. The topological polar surface area (TPSA) is 54.5 Å². The molecule has 2 N–H and O–H groups in total. The normalized spacial score (nSPS) is 13.0.